The van der Waals surface area contributed by atoms with E-state index in [-0.39, 0.29) is 29.5 Å². The Kier molecular flexibility index (Phi) is 4.96. The molecule has 152 valence electrons. The maximum atomic E-state index is 12.9. The van der Waals surface area contributed by atoms with Crippen molar-refractivity contribution in [3.8, 4) is 18.2 Å². The fraction of sp³-hybridized carbons (Fsp3) is 0.533. The SMILES string of the molecule is C#CCn1c(=O)n([C@@H]2O[C@H](C(O)C(F)(F)F)C[C@H]2O)c2nc(N)nc(OC)c21. The van der Waals surface area contributed by atoms with Crippen LogP contribution in [0.15, 0.2) is 4.79 Å². The summed E-state index contributed by atoms with van der Waals surface area (Å²) >= 11 is 0. The molecule has 0 amide bonds. The number of rotatable bonds is 4. The first kappa shape index (κ1) is 19.9. The average molecular weight is 403 g/mol. The third-order valence-electron chi connectivity index (χ3n) is 4.29. The molecule has 1 aliphatic heterocycles. The van der Waals surface area contributed by atoms with Crippen molar-refractivity contribution < 1.29 is 32.9 Å². The third kappa shape index (κ3) is 3.15. The van der Waals surface area contributed by atoms with Gasteiger partial charge in [0.05, 0.1) is 19.8 Å². The van der Waals surface area contributed by atoms with Gasteiger partial charge >= 0.3 is 11.9 Å². The number of nitrogen functional groups attached to an aromatic ring is 1. The van der Waals surface area contributed by atoms with Crippen LogP contribution < -0.4 is 16.2 Å². The van der Waals surface area contributed by atoms with Crippen LogP contribution in [0.1, 0.15) is 12.6 Å². The first-order chi connectivity index (χ1) is 13.1. The molecule has 1 aliphatic rings. The molecule has 10 nitrogen and oxygen atoms in total. The van der Waals surface area contributed by atoms with Crippen molar-refractivity contribution in [2.45, 2.75) is 43.7 Å². The fourth-order valence-corrected chi connectivity index (χ4v) is 3.10. The first-order valence-corrected chi connectivity index (χ1v) is 7.94. The Labute approximate surface area is 155 Å². The maximum Gasteiger partial charge on any atom is 0.416 e. The summed E-state index contributed by atoms with van der Waals surface area (Å²) in [4.78, 5) is 20.6. The van der Waals surface area contributed by atoms with Crippen LogP contribution in [0.3, 0.4) is 0 Å². The van der Waals surface area contributed by atoms with Crippen LogP contribution in [0.25, 0.3) is 11.2 Å². The average Bonchev–Trinajstić information content (AvgIpc) is 3.11. The van der Waals surface area contributed by atoms with Crippen molar-refractivity contribution in [2.75, 3.05) is 12.8 Å². The van der Waals surface area contributed by atoms with Gasteiger partial charge in [0.25, 0.3) is 0 Å². The quantitative estimate of drug-likeness (QED) is 0.575. The minimum Gasteiger partial charge on any atom is -0.479 e. The number of alkyl halides is 3. The van der Waals surface area contributed by atoms with Crippen molar-refractivity contribution >= 4 is 17.1 Å². The van der Waals surface area contributed by atoms with Crippen LogP contribution in [0.4, 0.5) is 19.1 Å². The Morgan fingerprint density at radius 2 is 2.18 bits per heavy atom. The van der Waals surface area contributed by atoms with Crippen LogP contribution in [-0.4, -0.2) is 60.9 Å². The molecule has 0 aromatic carbocycles. The molecule has 0 spiro atoms. The van der Waals surface area contributed by atoms with Crippen molar-refractivity contribution in [2.24, 2.45) is 0 Å². The number of hydrogen-bond donors (Lipinski definition) is 3. The number of aromatic nitrogens is 4. The van der Waals surface area contributed by atoms with Gasteiger partial charge in [-0.05, 0) is 0 Å². The molecular weight excluding hydrogens is 387 g/mol. The molecule has 4 atom stereocenters. The summed E-state index contributed by atoms with van der Waals surface area (Å²) in [6.45, 7) is -0.233. The smallest absolute Gasteiger partial charge is 0.416 e. The Hall–Kier alpha value is -2.82. The number of ether oxygens (including phenoxy) is 2. The van der Waals surface area contributed by atoms with Crippen LogP contribution in [0, 0.1) is 12.3 Å². The predicted octanol–water partition coefficient (Wildman–Crippen LogP) is -0.611. The lowest BCUT2D eigenvalue weighted by Gasteiger charge is -2.21. The molecule has 3 rings (SSSR count). The van der Waals surface area contributed by atoms with Crippen molar-refractivity contribution in [1.82, 2.24) is 19.1 Å². The van der Waals surface area contributed by atoms with Crippen LogP contribution in [0.2, 0.25) is 0 Å². The zero-order valence-corrected chi connectivity index (χ0v) is 14.4. The topological polar surface area (TPSA) is 138 Å². The summed E-state index contributed by atoms with van der Waals surface area (Å²) in [5, 5.41) is 19.6. The largest absolute Gasteiger partial charge is 0.479 e. The van der Waals surface area contributed by atoms with E-state index in [9.17, 15) is 28.2 Å². The van der Waals surface area contributed by atoms with Gasteiger partial charge < -0.3 is 25.4 Å². The summed E-state index contributed by atoms with van der Waals surface area (Å²) in [6, 6.07) is 0. The van der Waals surface area contributed by atoms with Crippen LogP contribution in [0.5, 0.6) is 5.88 Å². The standard InChI is InChI=1S/C15H16F3N5O5/c1-3-4-22-8-10(20-13(19)21-11(8)27-2)23(14(22)26)12-6(24)5-7(28-12)9(25)15(16,17)18/h1,6-7,9,12,24-25H,4-5H2,2H3,(H2,19,20,21)/t6-,7+,9?,12-/m1/s1. The summed E-state index contributed by atoms with van der Waals surface area (Å²) in [7, 11) is 1.26. The van der Waals surface area contributed by atoms with E-state index in [1.54, 1.807) is 0 Å². The fourth-order valence-electron chi connectivity index (χ4n) is 3.10. The number of nitrogens with zero attached hydrogens (tertiary/aromatic N) is 4. The van der Waals surface area contributed by atoms with Gasteiger partial charge in [-0.2, -0.15) is 23.1 Å². The number of halogens is 3. The molecule has 4 N–H and O–H groups in total. The van der Waals surface area contributed by atoms with E-state index in [1.165, 1.54) is 7.11 Å². The van der Waals surface area contributed by atoms with Gasteiger partial charge in [-0.3, -0.25) is 4.57 Å². The lowest BCUT2D eigenvalue weighted by molar-refractivity contribution is -0.237. The van der Waals surface area contributed by atoms with Gasteiger partial charge in [-0.1, -0.05) is 5.92 Å². The van der Waals surface area contributed by atoms with Gasteiger partial charge in [0.15, 0.2) is 23.5 Å². The number of fused-ring (bicyclic) bond motifs is 1. The number of imidazole rings is 1. The molecule has 13 heteroatoms. The van der Waals surface area contributed by atoms with E-state index in [0.29, 0.717) is 0 Å². The number of methoxy groups -OCH3 is 1. The molecule has 2 aromatic heterocycles. The molecule has 1 fully saturated rings. The lowest BCUT2D eigenvalue weighted by Crippen LogP contribution is -2.39. The molecule has 0 saturated carbocycles. The number of nitrogens with two attached hydrogens (primary N) is 1. The highest BCUT2D eigenvalue weighted by Crippen LogP contribution is 2.37. The Morgan fingerprint density at radius 1 is 1.50 bits per heavy atom. The number of terminal acetylenes is 1. The minimum absolute atomic E-state index is 0.0373. The zero-order valence-electron chi connectivity index (χ0n) is 14.4. The van der Waals surface area contributed by atoms with Gasteiger partial charge in [-0.15, -0.1) is 6.42 Å². The van der Waals surface area contributed by atoms with Crippen molar-refractivity contribution in [3.63, 3.8) is 0 Å². The molecule has 3 heterocycles. The number of anilines is 1. The molecule has 0 bridgehead atoms. The molecule has 0 aliphatic carbocycles. The second-order valence-electron chi connectivity index (χ2n) is 6.06. The number of hydrogen-bond acceptors (Lipinski definition) is 8. The maximum absolute atomic E-state index is 12.9. The van der Waals surface area contributed by atoms with E-state index in [2.05, 4.69) is 15.9 Å². The predicted molar refractivity (Wildman–Crippen MR) is 88.2 cm³/mol. The zero-order chi connectivity index (χ0) is 20.8. The normalized spacial score (nSPS) is 23.7. The Balaban J connectivity index is 2.16. The monoisotopic (exact) mass is 403 g/mol. The molecule has 28 heavy (non-hydrogen) atoms. The van der Waals surface area contributed by atoms with Crippen LogP contribution in [-0.2, 0) is 11.3 Å². The highest BCUT2D eigenvalue weighted by atomic mass is 19.4. The minimum atomic E-state index is -4.96. The Bertz CT molecular complexity index is 995. The highest BCUT2D eigenvalue weighted by Gasteiger charge is 2.50. The van der Waals surface area contributed by atoms with E-state index >= 15 is 0 Å². The van der Waals surface area contributed by atoms with E-state index < -0.39 is 42.8 Å². The number of aliphatic hydroxyl groups excluding tert-OH is 2. The second-order valence-corrected chi connectivity index (χ2v) is 6.06. The van der Waals surface area contributed by atoms with Crippen molar-refractivity contribution in [3.05, 3.63) is 10.5 Å². The van der Waals surface area contributed by atoms with Gasteiger partial charge in [0.1, 0.15) is 6.10 Å². The lowest BCUT2D eigenvalue weighted by atomic mass is 10.1. The molecular formula is C15H16F3N5O5. The molecule has 2 aromatic rings. The first-order valence-electron chi connectivity index (χ1n) is 7.94. The summed E-state index contributed by atoms with van der Waals surface area (Å²) in [5.41, 5.74) is 4.68. The summed E-state index contributed by atoms with van der Waals surface area (Å²) < 4.78 is 50.5. The van der Waals surface area contributed by atoms with Crippen LogP contribution >= 0.6 is 0 Å². The molecule has 0 radical (unpaired) electrons. The Morgan fingerprint density at radius 3 is 2.75 bits per heavy atom. The van der Waals surface area contributed by atoms with Gasteiger partial charge in [0, 0.05) is 6.42 Å². The van der Waals surface area contributed by atoms with Gasteiger partial charge in [0.2, 0.25) is 11.8 Å². The summed E-state index contributed by atoms with van der Waals surface area (Å²) in [6.07, 6.45) is -7.95. The number of aliphatic hydroxyl groups is 2. The van der Waals surface area contributed by atoms with Gasteiger partial charge in [-0.25, -0.2) is 9.36 Å². The summed E-state index contributed by atoms with van der Waals surface area (Å²) in [5.74, 6) is 1.89. The van der Waals surface area contributed by atoms with Crippen molar-refractivity contribution in [1.29, 1.82) is 0 Å². The third-order valence-corrected chi connectivity index (χ3v) is 4.29. The van der Waals surface area contributed by atoms with E-state index in [4.69, 9.17) is 21.6 Å². The van der Waals surface area contributed by atoms with E-state index in [0.717, 1.165) is 9.13 Å². The second kappa shape index (κ2) is 6.97. The highest BCUT2D eigenvalue weighted by molar-refractivity contribution is 5.78. The van der Waals surface area contributed by atoms with E-state index in [1.807, 2.05) is 0 Å². The molecule has 1 unspecified atom stereocenters. The molecule has 1 saturated heterocycles.